The van der Waals surface area contributed by atoms with Gasteiger partial charge in [-0.1, -0.05) is 68.1 Å². The van der Waals surface area contributed by atoms with Crippen molar-refractivity contribution in [2.45, 2.75) is 50.3 Å². The summed E-state index contributed by atoms with van der Waals surface area (Å²) in [7, 11) is 0. The zero-order chi connectivity index (χ0) is 24.6. The molecule has 1 unspecified atom stereocenters. The number of hydrogen-bond acceptors (Lipinski definition) is 9. The second-order valence-electron chi connectivity index (χ2n) is 9.18. The number of aromatic nitrogens is 2. The Morgan fingerprint density at radius 1 is 1.29 bits per heavy atom. The summed E-state index contributed by atoms with van der Waals surface area (Å²) in [4.78, 5) is 26.4. The van der Waals surface area contributed by atoms with Gasteiger partial charge in [0.25, 0.3) is 0 Å². The minimum atomic E-state index is -0.526. The molecule has 0 saturated heterocycles. The van der Waals surface area contributed by atoms with Crippen LogP contribution in [0.5, 0.6) is 0 Å². The number of aryl methyl sites for hydroxylation is 1. The van der Waals surface area contributed by atoms with Gasteiger partial charge in [0, 0.05) is 17.7 Å². The molecule has 176 valence electrons. The molecule has 2 heterocycles. The molecule has 0 radical (unpaired) electrons. The van der Waals surface area contributed by atoms with E-state index in [-0.39, 0.29) is 22.8 Å². The topological polar surface area (TPSA) is 139 Å². The third-order valence-electron chi connectivity index (χ3n) is 6.03. The Bertz CT molecular complexity index is 1250. The van der Waals surface area contributed by atoms with E-state index in [1.165, 1.54) is 28.7 Å². The summed E-state index contributed by atoms with van der Waals surface area (Å²) < 4.78 is 0.556. The predicted molar refractivity (Wildman–Crippen MR) is 133 cm³/mol. The number of ketones is 1. The van der Waals surface area contributed by atoms with Crippen LogP contribution < -0.4 is 16.4 Å². The largest absolute Gasteiger partial charge is 0.384 e. The molecule has 1 aliphatic heterocycles. The molecule has 1 aromatic carbocycles. The van der Waals surface area contributed by atoms with Crippen molar-refractivity contribution in [2.75, 3.05) is 10.7 Å². The Balaban J connectivity index is 1.87. The average molecular weight is 495 g/mol. The van der Waals surface area contributed by atoms with Crippen LogP contribution in [0.4, 0.5) is 5.13 Å². The number of anilines is 1. The first kappa shape index (κ1) is 24.0. The molecule has 4 N–H and O–H groups in total. The predicted octanol–water partition coefficient (Wildman–Crippen LogP) is 3.62. The maximum atomic E-state index is 13.5. The number of carbonyl (C=O) groups is 2. The zero-order valence-electron chi connectivity index (χ0n) is 19.3. The molecule has 1 aliphatic carbocycles. The van der Waals surface area contributed by atoms with Crippen LogP contribution in [0.3, 0.4) is 0 Å². The summed E-state index contributed by atoms with van der Waals surface area (Å²) in [6, 6.07) is 10.3. The Hall–Kier alpha value is -3.16. The first-order valence-corrected chi connectivity index (χ1v) is 12.7. The summed E-state index contributed by atoms with van der Waals surface area (Å²) >= 11 is 2.44. The highest BCUT2D eigenvalue weighted by molar-refractivity contribution is 8.01. The Morgan fingerprint density at radius 3 is 2.62 bits per heavy atom. The zero-order valence-corrected chi connectivity index (χ0v) is 20.9. The number of allylic oxidation sites excluding steroid dienone is 3. The summed E-state index contributed by atoms with van der Waals surface area (Å²) in [6.07, 6.45) is 1.88. The van der Waals surface area contributed by atoms with Gasteiger partial charge in [0.1, 0.15) is 5.82 Å². The van der Waals surface area contributed by atoms with Crippen LogP contribution in [0.25, 0.3) is 0 Å². The summed E-state index contributed by atoms with van der Waals surface area (Å²) in [5.74, 6) is -0.638. The summed E-state index contributed by atoms with van der Waals surface area (Å²) in [5, 5.41) is 19.0. The Labute approximate surface area is 206 Å². The van der Waals surface area contributed by atoms with Crippen molar-refractivity contribution in [3.05, 3.63) is 58.1 Å². The molecule has 2 aliphatic rings. The van der Waals surface area contributed by atoms with Gasteiger partial charge in [-0.2, -0.15) is 5.26 Å². The minimum Gasteiger partial charge on any atom is -0.384 e. The molecule has 34 heavy (non-hydrogen) atoms. The van der Waals surface area contributed by atoms with E-state index in [0.29, 0.717) is 33.5 Å². The maximum absolute atomic E-state index is 13.5. The van der Waals surface area contributed by atoms with Crippen LogP contribution in [0.15, 0.2) is 51.3 Å². The normalized spacial score (nSPS) is 19.8. The monoisotopic (exact) mass is 494 g/mol. The lowest BCUT2D eigenvalue weighted by Gasteiger charge is -2.42. The van der Waals surface area contributed by atoms with E-state index in [1.807, 2.05) is 38.1 Å². The van der Waals surface area contributed by atoms with Gasteiger partial charge in [-0.25, -0.2) is 0 Å². The van der Waals surface area contributed by atoms with Gasteiger partial charge in [-0.3, -0.25) is 14.5 Å². The number of benzene rings is 1. The molecule has 1 amide bonds. The van der Waals surface area contributed by atoms with Crippen molar-refractivity contribution in [3.63, 3.8) is 0 Å². The first-order valence-electron chi connectivity index (χ1n) is 10.9. The van der Waals surface area contributed by atoms with E-state index >= 15 is 0 Å². The minimum absolute atomic E-state index is 0.00825. The number of nitrogens with two attached hydrogens (primary N) is 2. The highest BCUT2D eigenvalue weighted by Gasteiger charge is 2.45. The lowest BCUT2D eigenvalue weighted by Crippen LogP contribution is -2.42. The van der Waals surface area contributed by atoms with Crippen molar-refractivity contribution in [3.8, 4) is 6.07 Å². The van der Waals surface area contributed by atoms with Gasteiger partial charge < -0.3 is 11.5 Å². The van der Waals surface area contributed by atoms with E-state index in [9.17, 15) is 14.9 Å². The van der Waals surface area contributed by atoms with Crippen LogP contribution in [-0.4, -0.2) is 27.6 Å². The smallest absolute Gasteiger partial charge is 0.227 e. The molecule has 0 fully saturated rings. The number of carbonyl (C=O) groups excluding carboxylic acids is 2. The summed E-state index contributed by atoms with van der Waals surface area (Å²) in [6.45, 7) is 6.18. The molecule has 1 atom stereocenters. The van der Waals surface area contributed by atoms with Gasteiger partial charge in [0.15, 0.2) is 10.1 Å². The fraction of sp³-hybridized carbons (Fsp3) is 0.375. The van der Waals surface area contributed by atoms with Gasteiger partial charge in [0.2, 0.25) is 11.0 Å². The molecule has 0 spiro atoms. The van der Waals surface area contributed by atoms with Gasteiger partial charge >= 0.3 is 0 Å². The number of Topliss-reactive ketones (excluding diaryl/α,β-unsaturated/α-hetero) is 1. The van der Waals surface area contributed by atoms with E-state index in [2.05, 4.69) is 23.2 Å². The number of nitriles is 1. The average Bonchev–Trinajstić information content (AvgIpc) is 3.24. The molecule has 2 aromatic rings. The van der Waals surface area contributed by atoms with Crippen LogP contribution >= 0.6 is 23.1 Å². The number of thioether (sulfide) groups is 1. The quantitative estimate of drug-likeness (QED) is 0.581. The van der Waals surface area contributed by atoms with Crippen LogP contribution in [0, 0.1) is 16.7 Å². The second kappa shape index (κ2) is 9.24. The number of nitrogens with zero attached hydrogens (tertiary/aromatic N) is 4. The van der Waals surface area contributed by atoms with E-state index < -0.39 is 11.8 Å². The van der Waals surface area contributed by atoms with Crippen molar-refractivity contribution in [2.24, 2.45) is 16.9 Å². The highest BCUT2D eigenvalue weighted by Crippen LogP contribution is 2.50. The molecule has 8 nitrogen and oxygen atoms in total. The van der Waals surface area contributed by atoms with Gasteiger partial charge in [0.05, 0.1) is 23.3 Å². The van der Waals surface area contributed by atoms with Crippen molar-refractivity contribution < 1.29 is 9.59 Å². The van der Waals surface area contributed by atoms with Crippen molar-refractivity contribution in [1.29, 1.82) is 5.26 Å². The summed E-state index contributed by atoms with van der Waals surface area (Å²) in [5.41, 5.74) is 15.3. The molecule has 4 rings (SSSR count). The Morgan fingerprint density at radius 2 is 2.00 bits per heavy atom. The third-order valence-corrected chi connectivity index (χ3v) is 8.09. The number of rotatable bonds is 6. The van der Waals surface area contributed by atoms with E-state index in [0.717, 1.165) is 17.7 Å². The maximum Gasteiger partial charge on any atom is 0.227 e. The van der Waals surface area contributed by atoms with Gasteiger partial charge in [-0.15, -0.1) is 10.2 Å². The first-order chi connectivity index (χ1) is 16.1. The number of amides is 1. The van der Waals surface area contributed by atoms with Crippen molar-refractivity contribution in [1.82, 2.24) is 10.2 Å². The molecule has 10 heteroatoms. The van der Waals surface area contributed by atoms with Gasteiger partial charge in [-0.05, 0) is 29.4 Å². The number of primary amides is 1. The molecular weight excluding hydrogens is 468 g/mol. The molecule has 0 saturated carbocycles. The van der Waals surface area contributed by atoms with Crippen LogP contribution in [0.1, 0.15) is 50.7 Å². The van der Waals surface area contributed by atoms with Crippen LogP contribution in [-0.2, 0) is 16.0 Å². The highest BCUT2D eigenvalue weighted by atomic mass is 32.2. The second-order valence-corrected chi connectivity index (χ2v) is 11.4. The fourth-order valence-corrected chi connectivity index (χ4v) is 6.11. The molecule has 0 bridgehead atoms. The van der Waals surface area contributed by atoms with E-state index in [4.69, 9.17) is 11.5 Å². The number of hydrogen-bond donors (Lipinski definition) is 2. The molecular formula is C24H26N6O2S2. The van der Waals surface area contributed by atoms with Crippen LogP contribution in [0.2, 0.25) is 0 Å². The lowest BCUT2D eigenvalue weighted by molar-refractivity contribution is -0.118. The Kier molecular flexibility index (Phi) is 6.51. The third kappa shape index (κ3) is 4.45. The lowest BCUT2D eigenvalue weighted by atomic mass is 9.68. The molecule has 1 aromatic heterocycles. The standard InChI is InChI=1S/C24H26N6O2S2/c1-4-13-5-7-14(8-6-13)19-15(11-25)21(27)30(16-9-24(2,3)10-17(31)20(16)19)22-28-29-23(34-22)33-12-18(26)32/h5-8,19H,4,9-10,12,27H2,1-3H3,(H2,26,32). The van der Waals surface area contributed by atoms with Crippen molar-refractivity contribution >= 4 is 39.9 Å². The SMILES string of the molecule is CCc1ccc(C2C(C#N)=C(N)N(c3nnc(SCC(N)=O)s3)C3=C2C(=O)CC(C)(C)C3)cc1. The fourth-order valence-electron chi connectivity index (χ4n) is 4.49. The van der Waals surface area contributed by atoms with E-state index in [1.54, 1.807) is 4.90 Å².